The van der Waals surface area contributed by atoms with E-state index in [1.54, 1.807) is 0 Å². The number of carbonyl (C=O) groups is 2. The van der Waals surface area contributed by atoms with Gasteiger partial charge in [0.2, 0.25) is 0 Å². The number of aromatic amines is 1. The van der Waals surface area contributed by atoms with Gasteiger partial charge in [-0.2, -0.15) is 0 Å². The second-order valence-corrected chi connectivity index (χ2v) is 9.44. The van der Waals surface area contributed by atoms with Crippen molar-refractivity contribution in [1.82, 2.24) is 4.98 Å². The van der Waals surface area contributed by atoms with Gasteiger partial charge in [-0.15, -0.1) is 0 Å². The van der Waals surface area contributed by atoms with E-state index in [4.69, 9.17) is 4.74 Å². The molecular weight excluding hydrogens is 386 g/mol. The van der Waals surface area contributed by atoms with Crippen molar-refractivity contribution in [3.63, 3.8) is 0 Å². The predicted molar refractivity (Wildman–Crippen MR) is 122 cm³/mol. The molecule has 160 valence electrons. The van der Waals surface area contributed by atoms with Crippen LogP contribution in [0.2, 0.25) is 0 Å². The van der Waals surface area contributed by atoms with Crippen LogP contribution in [0.25, 0.3) is 0 Å². The van der Waals surface area contributed by atoms with E-state index in [9.17, 15) is 9.59 Å². The molecule has 0 unspecified atom stereocenters. The summed E-state index contributed by atoms with van der Waals surface area (Å²) in [6, 6.07) is 18.2. The molecule has 1 atom stereocenters. The Hall–Kier alpha value is -3.14. The van der Waals surface area contributed by atoms with Crippen LogP contribution in [0.1, 0.15) is 81.9 Å². The Bertz CT molecular complexity index is 1100. The van der Waals surface area contributed by atoms with E-state index in [1.165, 1.54) is 5.56 Å². The number of rotatable bonds is 4. The highest BCUT2D eigenvalue weighted by Crippen LogP contribution is 2.36. The Morgan fingerprint density at radius 3 is 2.35 bits per heavy atom. The summed E-state index contributed by atoms with van der Waals surface area (Å²) in [6.45, 7) is 8.61. The molecule has 4 nitrogen and oxygen atoms in total. The molecule has 4 heteroatoms. The Labute approximate surface area is 183 Å². The lowest BCUT2D eigenvalue weighted by atomic mass is 9.80. The number of aromatic nitrogens is 1. The lowest BCUT2D eigenvalue weighted by Crippen LogP contribution is -2.19. The van der Waals surface area contributed by atoms with E-state index < -0.39 is 5.97 Å². The van der Waals surface area contributed by atoms with E-state index >= 15 is 0 Å². The van der Waals surface area contributed by atoms with Crippen LogP contribution in [0.15, 0.2) is 54.6 Å². The number of nitrogens with one attached hydrogen (secondary N) is 1. The van der Waals surface area contributed by atoms with Crippen LogP contribution < -0.4 is 0 Å². The zero-order valence-electron chi connectivity index (χ0n) is 18.6. The fourth-order valence-corrected chi connectivity index (χ4v) is 4.32. The first-order valence-corrected chi connectivity index (χ1v) is 10.8. The number of ether oxygens (including phenoxy) is 1. The van der Waals surface area contributed by atoms with Gasteiger partial charge in [-0.1, -0.05) is 75.4 Å². The van der Waals surface area contributed by atoms with Gasteiger partial charge in [0.25, 0.3) is 0 Å². The number of ketones is 1. The summed E-state index contributed by atoms with van der Waals surface area (Å²) in [5.74, 6) is -0.225. The summed E-state index contributed by atoms with van der Waals surface area (Å²) in [5, 5.41) is 0. The molecule has 0 fully saturated rings. The average molecular weight is 416 g/mol. The fraction of sp³-hybridized carbons (Fsp3) is 0.333. The molecule has 0 saturated heterocycles. The first kappa shape index (κ1) is 21.1. The number of carbonyl (C=O) groups excluding carboxylic acids is 2. The van der Waals surface area contributed by atoms with Gasteiger partial charge in [0.05, 0.1) is 0 Å². The summed E-state index contributed by atoms with van der Waals surface area (Å²) in [7, 11) is 0. The van der Waals surface area contributed by atoms with Gasteiger partial charge >= 0.3 is 5.97 Å². The maximum absolute atomic E-state index is 13.0. The molecule has 3 aromatic rings. The third kappa shape index (κ3) is 4.34. The molecule has 1 heterocycles. The average Bonchev–Trinajstić information content (AvgIpc) is 3.09. The molecule has 0 bridgehead atoms. The van der Waals surface area contributed by atoms with E-state index in [2.05, 4.69) is 50.0 Å². The van der Waals surface area contributed by atoms with Crippen molar-refractivity contribution in [3.05, 3.63) is 93.8 Å². The van der Waals surface area contributed by atoms with E-state index in [0.717, 1.165) is 16.8 Å². The maximum Gasteiger partial charge on any atom is 0.355 e. The molecule has 0 aliphatic heterocycles. The van der Waals surface area contributed by atoms with Crippen LogP contribution in [0, 0.1) is 6.92 Å². The molecule has 0 radical (unpaired) electrons. The SMILES string of the molecule is Cc1c(C(=O)OCc2ccccc2)[nH]c2c1C(=O)C[C@H](c1ccc(C(C)(C)C)cc1)C2. The highest BCUT2D eigenvalue weighted by atomic mass is 16.5. The zero-order chi connectivity index (χ0) is 22.2. The van der Waals surface area contributed by atoms with Gasteiger partial charge in [0.1, 0.15) is 12.3 Å². The molecule has 1 aliphatic carbocycles. The molecule has 0 amide bonds. The number of hydrogen-bond acceptors (Lipinski definition) is 3. The smallest absolute Gasteiger partial charge is 0.355 e. The fourth-order valence-electron chi connectivity index (χ4n) is 4.32. The van der Waals surface area contributed by atoms with Crippen molar-refractivity contribution in [3.8, 4) is 0 Å². The molecule has 31 heavy (non-hydrogen) atoms. The Balaban J connectivity index is 1.53. The van der Waals surface area contributed by atoms with Crippen LogP contribution in [-0.4, -0.2) is 16.7 Å². The molecule has 1 N–H and O–H groups in total. The van der Waals surface area contributed by atoms with Gasteiger partial charge in [0.15, 0.2) is 5.78 Å². The van der Waals surface area contributed by atoms with E-state index in [1.807, 2.05) is 37.3 Å². The predicted octanol–water partition coefficient (Wildman–Crippen LogP) is 5.89. The summed E-state index contributed by atoms with van der Waals surface area (Å²) in [6.07, 6.45) is 1.17. The minimum atomic E-state index is -0.422. The van der Waals surface area contributed by atoms with Gasteiger partial charge in [-0.05, 0) is 46.9 Å². The van der Waals surface area contributed by atoms with E-state index in [-0.39, 0.29) is 23.7 Å². The minimum Gasteiger partial charge on any atom is -0.456 e. The third-order valence-corrected chi connectivity index (χ3v) is 6.15. The number of benzene rings is 2. The first-order valence-electron chi connectivity index (χ1n) is 10.8. The van der Waals surface area contributed by atoms with Crippen molar-refractivity contribution in [2.24, 2.45) is 0 Å². The number of hydrogen-bond donors (Lipinski definition) is 1. The van der Waals surface area contributed by atoms with Crippen LogP contribution >= 0.6 is 0 Å². The third-order valence-electron chi connectivity index (χ3n) is 6.15. The largest absolute Gasteiger partial charge is 0.456 e. The second kappa shape index (κ2) is 8.18. The molecule has 4 rings (SSSR count). The standard InChI is InChI=1S/C27H29NO3/c1-17-24-22(28-25(17)26(30)31-16-18-8-6-5-7-9-18)14-20(15-23(24)29)19-10-12-21(13-11-19)27(2,3)4/h5-13,20,28H,14-16H2,1-4H3/t20-/m1/s1. The summed E-state index contributed by atoms with van der Waals surface area (Å²) >= 11 is 0. The summed E-state index contributed by atoms with van der Waals surface area (Å²) < 4.78 is 5.48. The lowest BCUT2D eigenvalue weighted by Gasteiger charge is -2.24. The molecule has 0 saturated carbocycles. The summed E-state index contributed by atoms with van der Waals surface area (Å²) in [4.78, 5) is 28.8. The van der Waals surface area contributed by atoms with Crippen molar-refractivity contribution >= 4 is 11.8 Å². The highest BCUT2D eigenvalue weighted by Gasteiger charge is 2.32. The minimum absolute atomic E-state index is 0.0852. The van der Waals surface area contributed by atoms with Crippen molar-refractivity contribution in [2.45, 2.75) is 58.5 Å². The molecule has 1 aromatic heterocycles. The molecule has 2 aromatic carbocycles. The Morgan fingerprint density at radius 2 is 1.71 bits per heavy atom. The van der Waals surface area contributed by atoms with Gasteiger partial charge in [-0.3, -0.25) is 4.79 Å². The number of H-pyrrole nitrogens is 1. The quantitative estimate of drug-likeness (QED) is 0.541. The first-order chi connectivity index (χ1) is 14.7. The van der Waals surface area contributed by atoms with Gasteiger partial charge in [-0.25, -0.2) is 4.79 Å². The highest BCUT2D eigenvalue weighted by molar-refractivity contribution is 6.03. The monoisotopic (exact) mass is 415 g/mol. The lowest BCUT2D eigenvalue weighted by molar-refractivity contribution is 0.0465. The van der Waals surface area contributed by atoms with Gasteiger partial charge in [0, 0.05) is 17.7 Å². The number of esters is 1. The van der Waals surface area contributed by atoms with Crippen LogP contribution in [0.5, 0.6) is 0 Å². The number of Topliss-reactive ketones (excluding diaryl/α,β-unsaturated/α-hetero) is 1. The molecule has 0 spiro atoms. The van der Waals surface area contributed by atoms with Crippen molar-refractivity contribution in [2.75, 3.05) is 0 Å². The Kier molecular flexibility index (Phi) is 5.57. The van der Waals surface area contributed by atoms with Crippen LogP contribution in [-0.2, 0) is 23.2 Å². The van der Waals surface area contributed by atoms with Crippen molar-refractivity contribution in [1.29, 1.82) is 0 Å². The Morgan fingerprint density at radius 1 is 1.03 bits per heavy atom. The topological polar surface area (TPSA) is 59.2 Å². The second-order valence-electron chi connectivity index (χ2n) is 9.44. The number of fused-ring (bicyclic) bond motifs is 1. The summed E-state index contributed by atoms with van der Waals surface area (Å²) in [5.41, 5.74) is 6.04. The van der Waals surface area contributed by atoms with Crippen LogP contribution in [0.3, 0.4) is 0 Å². The van der Waals surface area contributed by atoms with Crippen LogP contribution in [0.4, 0.5) is 0 Å². The zero-order valence-corrected chi connectivity index (χ0v) is 18.6. The molecule has 1 aliphatic rings. The van der Waals surface area contributed by atoms with E-state index in [0.29, 0.717) is 29.7 Å². The molecular formula is C27H29NO3. The van der Waals surface area contributed by atoms with Gasteiger partial charge < -0.3 is 9.72 Å². The normalized spacial score (nSPS) is 16.1. The maximum atomic E-state index is 13.0. The van der Waals surface area contributed by atoms with Crippen molar-refractivity contribution < 1.29 is 14.3 Å².